The predicted octanol–water partition coefficient (Wildman–Crippen LogP) is 1.20. The number of methoxy groups -OCH3 is 1. The van der Waals surface area contributed by atoms with Gasteiger partial charge in [0.1, 0.15) is 4.83 Å². The molecule has 0 spiro atoms. The van der Waals surface area contributed by atoms with E-state index in [-0.39, 0.29) is 17.4 Å². The highest BCUT2D eigenvalue weighted by molar-refractivity contribution is 9.10. The van der Waals surface area contributed by atoms with Crippen molar-refractivity contribution in [1.29, 1.82) is 0 Å². The van der Waals surface area contributed by atoms with Gasteiger partial charge < -0.3 is 15.2 Å². The zero-order valence-electron chi connectivity index (χ0n) is 9.65. The maximum absolute atomic E-state index is 11.1. The Hall–Kier alpha value is -0.910. The lowest BCUT2D eigenvalue weighted by Gasteiger charge is -2.09. The van der Waals surface area contributed by atoms with Crippen molar-refractivity contribution in [1.82, 2.24) is 5.32 Å². The maximum atomic E-state index is 11.1. The summed E-state index contributed by atoms with van der Waals surface area (Å²) in [7, 11) is 1.37. The Morgan fingerprint density at radius 2 is 2.00 bits per heavy atom. The zero-order chi connectivity index (χ0) is 12.7. The second kappa shape index (κ2) is 7.42. The van der Waals surface area contributed by atoms with Crippen molar-refractivity contribution < 1.29 is 14.6 Å². The van der Waals surface area contributed by atoms with Gasteiger partial charge in [-0.05, 0) is 11.1 Å². The number of carbonyl (C=O) groups excluding carboxylic acids is 1. The van der Waals surface area contributed by atoms with Gasteiger partial charge in [-0.1, -0.05) is 40.2 Å². The third-order valence-corrected chi connectivity index (χ3v) is 3.01. The molecule has 2 N–H and O–H groups in total. The topological polar surface area (TPSA) is 58.6 Å². The molecule has 0 fully saturated rings. The summed E-state index contributed by atoms with van der Waals surface area (Å²) in [5, 5.41) is 12.0. The number of aliphatic hydroxyl groups is 1. The van der Waals surface area contributed by atoms with Crippen LogP contribution in [0.4, 0.5) is 0 Å². The maximum Gasteiger partial charge on any atom is 0.320 e. The minimum atomic E-state index is -0.329. The van der Waals surface area contributed by atoms with Crippen molar-refractivity contribution in [3.63, 3.8) is 0 Å². The van der Waals surface area contributed by atoms with Crippen molar-refractivity contribution in [2.24, 2.45) is 0 Å². The fourth-order valence-corrected chi connectivity index (χ4v) is 1.73. The molecule has 1 unspecified atom stereocenters. The third-order valence-electron chi connectivity index (χ3n) is 2.32. The Morgan fingerprint density at radius 3 is 2.53 bits per heavy atom. The summed E-state index contributed by atoms with van der Waals surface area (Å²) < 4.78 is 4.59. The van der Waals surface area contributed by atoms with Crippen LogP contribution in [0.2, 0.25) is 0 Å². The summed E-state index contributed by atoms with van der Waals surface area (Å²) in [5.74, 6) is -0.284. The van der Waals surface area contributed by atoms with E-state index in [1.807, 2.05) is 24.3 Å². The Kier molecular flexibility index (Phi) is 6.18. The number of benzene rings is 1. The van der Waals surface area contributed by atoms with Gasteiger partial charge in [0, 0.05) is 13.1 Å². The Labute approximate surface area is 109 Å². The molecule has 1 aromatic rings. The van der Waals surface area contributed by atoms with Gasteiger partial charge in [0.25, 0.3) is 0 Å². The average molecular weight is 302 g/mol. The molecular weight excluding hydrogens is 286 g/mol. The van der Waals surface area contributed by atoms with E-state index in [2.05, 4.69) is 26.0 Å². The molecule has 0 aliphatic rings. The number of rotatable bonds is 6. The molecule has 1 atom stereocenters. The van der Waals surface area contributed by atoms with Gasteiger partial charge in [-0.25, -0.2) is 0 Å². The van der Waals surface area contributed by atoms with E-state index >= 15 is 0 Å². The van der Waals surface area contributed by atoms with Crippen molar-refractivity contribution in [3.8, 4) is 0 Å². The summed E-state index contributed by atoms with van der Waals surface area (Å²) in [4.78, 5) is 10.8. The van der Waals surface area contributed by atoms with Gasteiger partial charge in [-0.3, -0.25) is 4.79 Å². The van der Waals surface area contributed by atoms with Crippen molar-refractivity contribution in [3.05, 3.63) is 35.4 Å². The van der Waals surface area contributed by atoms with E-state index in [4.69, 9.17) is 5.11 Å². The molecule has 0 aliphatic carbocycles. The molecule has 0 saturated heterocycles. The Morgan fingerprint density at radius 1 is 1.41 bits per heavy atom. The molecule has 94 valence electrons. The molecule has 5 heteroatoms. The highest BCUT2D eigenvalue weighted by Gasteiger charge is 2.13. The highest BCUT2D eigenvalue weighted by Crippen LogP contribution is 2.05. The first kappa shape index (κ1) is 14.2. The summed E-state index contributed by atoms with van der Waals surface area (Å²) in [6.07, 6.45) is 0. The lowest BCUT2D eigenvalue weighted by molar-refractivity contribution is -0.139. The molecule has 0 radical (unpaired) electrons. The molecule has 1 aromatic carbocycles. The molecule has 17 heavy (non-hydrogen) atoms. The lowest BCUT2D eigenvalue weighted by Crippen LogP contribution is -2.29. The summed E-state index contributed by atoms with van der Waals surface area (Å²) in [5.41, 5.74) is 1.99. The summed E-state index contributed by atoms with van der Waals surface area (Å²) in [6.45, 7) is 1.23. The standard InChI is InChI=1S/C12H16BrNO3/c1-17-12(16)11(13)7-14-6-9-2-4-10(8-15)5-3-9/h2-5,11,14-15H,6-8H2,1H3. The van der Waals surface area contributed by atoms with Crippen LogP contribution >= 0.6 is 15.9 Å². The summed E-state index contributed by atoms with van der Waals surface area (Å²) in [6, 6.07) is 7.64. The van der Waals surface area contributed by atoms with Gasteiger partial charge >= 0.3 is 5.97 Å². The molecule has 0 saturated carbocycles. The molecule has 0 amide bonds. The Bertz CT molecular complexity index is 353. The van der Waals surface area contributed by atoms with Crippen LogP contribution in [-0.2, 0) is 22.7 Å². The molecule has 0 aromatic heterocycles. The zero-order valence-corrected chi connectivity index (χ0v) is 11.2. The van der Waals surface area contributed by atoms with Gasteiger partial charge in [0.05, 0.1) is 13.7 Å². The van der Waals surface area contributed by atoms with E-state index in [0.717, 1.165) is 11.1 Å². The quantitative estimate of drug-likeness (QED) is 0.612. The second-order valence-electron chi connectivity index (χ2n) is 3.60. The first-order valence-corrected chi connectivity index (χ1v) is 6.20. The number of esters is 1. The lowest BCUT2D eigenvalue weighted by atomic mass is 10.1. The van der Waals surface area contributed by atoms with Crippen LogP contribution in [0, 0.1) is 0 Å². The summed E-state index contributed by atoms with van der Waals surface area (Å²) >= 11 is 3.23. The van der Waals surface area contributed by atoms with Crippen LogP contribution in [0.5, 0.6) is 0 Å². The van der Waals surface area contributed by atoms with Crippen LogP contribution in [0.15, 0.2) is 24.3 Å². The predicted molar refractivity (Wildman–Crippen MR) is 68.8 cm³/mol. The molecular formula is C12H16BrNO3. The monoisotopic (exact) mass is 301 g/mol. The Balaban J connectivity index is 2.33. The number of carbonyl (C=O) groups is 1. The molecule has 1 rings (SSSR count). The first-order chi connectivity index (χ1) is 8.17. The van der Waals surface area contributed by atoms with Crippen LogP contribution in [0.3, 0.4) is 0 Å². The number of hydrogen-bond acceptors (Lipinski definition) is 4. The number of aliphatic hydroxyl groups excluding tert-OH is 1. The SMILES string of the molecule is COC(=O)C(Br)CNCc1ccc(CO)cc1. The van der Waals surface area contributed by atoms with Gasteiger partial charge in [-0.15, -0.1) is 0 Å². The van der Waals surface area contributed by atoms with E-state index < -0.39 is 0 Å². The molecule has 4 nitrogen and oxygen atoms in total. The molecule has 0 aliphatic heterocycles. The van der Waals surface area contributed by atoms with E-state index in [0.29, 0.717) is 13.1 Å². The van der Waals surface area contributed by atoms with E-state index in [1.54, 1.807) is 0 Å². The van der Waals surface area contributed by atoms with E-state index in [9.17, 15) is 4.79 Å². The van der Waals surface area contributed by atoms with Gasteiger partial charge in [0.2, 0.25) is 0 Å². The van der Waals surface area contributed by atoms with Crippen molar-refractivity contribution in [2.75, 3.05) is 13.7 Å². The first-order valence-electron chi connectivity index (χ1n) is 5.28. The highest BCUT2D eigenvalue weighted by atomic mass is 79.9. The van der Waals surface area contributed by atoms with Crippen molar-refractivity contribution in [2.45, 2.75) is 18.0 Å². The second-order valence-corrected chi connectivity index (χ2v) is 4.70. The number of hydrogen-bond donors (Lipinski definition) is 2. The average Bonchev–Trinajstić information content (AvgIpc) is 2.38. The fourth-order valence-electron chi connectivity index (χ4n) is 1.32. The fraction of sp³-hybridized carbons (Fsp3) is 0.417. The largest absolute Gasteiger partial charge is 0.468 e. The minimum Gasteiger partial charge on any atom is -0.468 e. The van der Waals surface area contributed by atoms with Crippen LogP contribution in [0.25, 0.3) is 0 Å². The third kappa shape index (κ3) is 4.85. The van der Waals surface area contributed by atoms with E-state index in [1.165, 1.54) is 7.11 Å². The van der Waals surface area contributed by atoms with Crippen LogP contribution < -0.4 is 5.32 Å². The number of halogens is 1. The number of ether oxygens (including phenoxy) is 1. The normalized spacial score (nSPS) is 12.2. The number of nitrogens with one attached hydrogen (secondary N) is 1. The minimum absolute atomic E-state index is 0.0551. The van der Waals surface area contributed by atoms with Crippen molar-refractivity contribution >= 4 is 21.9 Å². The van der Waals surface area contributed by atoms with Gasteiger partial charge in [0.15, 0.2) is 0 Å². The van der Waals surface area contributed by atoms with Gasteiger partial charge in [-0.2, -0.15) is 0 Å². The number of alkyl halides is 1. The van der Waals surface area contributed by atoms with Crippen LogP contribution in [0.1, 0.15) is 11.1 Å². The smallest absolute Gasteiger partial charge is 0.320 e. The van der Waals surface area contributed by atoms with Crippen LogP contribution in [-0.4, -0.2) is 29.6 Å². The molecule has 0 bridgehead atoms. The molecule has 0 heterocycles.